The quantitative estimate of drug-likeness (QED) is 0.790. The van der Waals surface area contributed by atoms with Gasteiger partial charge in [0.15, 0.2) is 0 Å². The number of piperidine rings is 1. The lowest BCUT2D eigenvalue weighted by atomic mass is 9.78. The number of carbonyl (C=O) groups excluding carboxylic acids is 1. The van der Waals surface area contributed by atoms with Crippen LogP contribution in [0.3, 0.4) is 0 Å². The van der Waals surface area contributed by atoms with E-state index in [2.05, 4.69) is 22.5 Å². The van der Waals surface area contributed by atoms with Gasteiger partial charge < -0.3 is 15.4 Å². The second-order valence-electron chi connectivity index (χ2n) is 5.72. The third-order valence-electron chi connectivity index (χ3n) is 4.16. The molecule has 0 saturated carbocycles. The number of halogens is 2. The van der Waals surface area contributed by atoms with Crippen molar-refractivity contribution in [3.8, 4) is 0 Å². The fraction of sp³-hybridized carbons (Fsp3) is 0.733. The Morgan fingerprint density at radius 2 is 2.00 bits per heavy atom. The third kappa shape index (κ3) is 5.87. The summed E-state index contributed by atoms with van der Waals surface area (Å²) in [6.45, 7) is 7.00. The zero-order chi connectivity index (χ0) is 15.3. The van der Waals surface area contributed by atoms with Crippen LogP contribution >= 0.6 is 36.2 Å². The molecule has 5 nitrogen and oxygen atoms in total. The van der Waals surface area contributed by atoms with Gasteiger partial charge in [0.2, 0.25) is 5.91 Å². The van der Waals surface area contributed by atoms with Gasteiger partial charge in [0.25, 0.3) is 0 Å². The molecule has 0 aromatic carbocycles. The van der Waals surface area contributed by atoms with E-state index in [0.29, 0.717) is 13.2 Å². The molecule has 0 radical (unpaired) electrons. The fourth-order valence-electron chi connectivity index (χ4n) is 2.74. The van der Waals surface area contributed by atoms with Crippen LogP contribution in [0.2, 0.25) is 0 Å². The molecule has 1 aliphatic heterocycles. The van der Waals surface area contributed by atoms with Crippen LogP contribution in [0.1, 0.15) is 28.4 Å². The van der Waals surface area contributed by atoms with Crippen molar-refractivity contribution in [2.45, 2.75) is 33.1 Å². The van der Waals surface area contributed by atoms with Gasteiger partial charge in [-0.05, 0) is 39.8 Å². The Hall–Kier alpha value is -0.400. The van der Waals surface area contributed by atoms with E-state index in [4.69, 9.17) is 4.74 Å². The second-order valence-corrected chi connectivity index (χ2v) is 7.01. The number of nitrogens with one attached hydrogen (secondary N) is 2. The van der Waals surface area contributed by atoms with Gasteiger partial charge in [0, 0.05) is 25.0 Å². The Kier molecular flexibility index (Phi) is 10.3. The van der Waals surface area contributed by atoms with Crippen molar-refractivity contribution in [2.24, 2.45) is 5.41 Å². The molecule has 1 fully saturated rings. The Morgan fingerprint density at radius 1 is 1.35 bits per heavy atom. The van der Waals surface area contributed by atoms with Gasteiger partial charge in [-0.2, -0.15) is 0 Å². The van der Waals surface area contributed by atoms with Gasteiger partial charge in [-0.25, -0.2) is 4.98 Å². The summed E-state index contributed by atoms with van der Waals surface area (Å²) in [4.78, 5) is 18.3. The van der Waals surface area contributed by atoms with Gasteiger partial charge in [0.1, 0.15) is 0 Å². The summed E-state index contributed by atoms with van der Waals surface area (Å²) in [5.41, 5.74) is 0.727. The molecular formula is C15H27Cl2N3O2S. The van der Waals surface area contributed by atoms with Crippen molar-refractivity contribution < 1.29 is 9.53 Å². The summed E-state index contributed by atoms with van der Waals surface area (Å²) in [7, 11) is 1.66. The van der Waals surface area contributed by atoms with Gasteiger partial charge in [0.05, 0.1) is 22.7 Å². The van der Waals surface area contributed by atoms with E-state index in [-0.39, 0.29) is 36.1 Å². The van der Waals surface area contributed by atoms with Crippen molar-refractivity contribution in [1.82, 2.24) is 15.6 Å². The summed E-state index contributed by atoms with van der Waals surface area (Å²) in [5.74, 6) is 0.121. The zero-order valence-corrected chi connectivity index (χ0v) is 16.4. The highest BCUT2D eigenvalue weighted by molar-refractivity contribution is 7.11. The standard InChI is InChI=1S/C15H25N3O2S.2ClH/c1-11-12(2)21-13(18-11)4-7-17-14(19)15(10-20-3)5-8-16-9-6-15;;/h16H,4-10H2,1-3H3,(H,17,19);2*1H. The largest absolute Gasteiger partial charge is 0.384 e. The normalized spacial score (nSPS) is 16.1. The lowest BCUT2D eigenvalue weighted by Gasteiger charge is -2.35. The highest BCUT2D eigenvalue weighted by atomic mass is 35.5. The van der Waals surface area contributed by atoms with E-state index in [1.165, 1.54) is 4.88 Å². The monoisotopic (exact) mass is 383 g/mol. The summed E-state index contributed by atoms with van der Waals surface area (Å²) in [6.07, 6.45) is 2.47. The predicted molar refractivity (Wildman–Crippen MR) is 99.2 cm³/mol. The van der Waals surface area contributed by atoms with Crippen LogP contribution in [-0.2, 0) is 16.0 Å². The SMILES string of the molecule is COCC1(C(=O)NCCc2nc(C)c(C)s2)CCNCC1.Cl.Cl. The van der Waals surface area contributed by atoms with E-state index in [0.717, 1.165) is 43.1 Å². The minimum Gasteiger partial charge on any atom is -0.384 e. The molecule has 0 aliphatic carbocycles. The molecule has 1 aromatic heterocycles. The molecule has 2 rings (SSSR count). The van der Waals surface area contributed by atoms with E-state index < -0.39 is 0 Å². The minimum absolute atomic E-state index is 0. The van der Waals surface area contributed by atoms with Crippen molar-refractivity contribution >= 4 is 42.1 Å². The van der Waals surface area contributed by atoms with Crippen LogP contribution in [0.4, 0.5) is 0 Å². The number of ether oxygens (including phenoxy) is 1. The number of hydrogen-bond acceptors (Lipinski definition) is 5. The lowest BCUT2D eigenvalue weighted by Crippen LogP contribution is -2.50. The second kappa shape index (κ2) is 10.5. The summed E-state index contributed by atoms with van der Waals surface area (Å²) < 4.78 is 5.29. The zero-order valence-electron chi connectivity index (χ0n) is 13.9. The van der Waals surface area contributed by atoms with Gasteiger partial charge in [-0.1, -0.05) is 0 Å². The first-order valence-electron chi connectivity index (χ1n) is 7.48. The number of methoxy groups -OCH3 is 1. The minimum atomic E-state index is -0.366. The first-order valence-corrected chi connectivity index (χ1v) is 8.30. The molecular weight excluding hydrogens is 357 g/mol. The predicted octanol–water partition coefficient (Wildman–Crippen LogP) is 2.28. The fourth-order valence-corrected chi connectivity index (χ4v) is 3.67. The molecule has 0 atom stereocenters. The first-order chi connectivity index (χ1) is 10.1. The molecule has 0 spiro atoms. The van der Waals surface area contributed by atoms with E-state index in [9.17, 15) is 4.79 Å². The average Bonchev–Trinajstić information content (AvgIpc) is 2.79. The van der Waals surface area contributed by atoms with Crippen molar-refractivity contribution in [3.05, 3.63) is 15.6 Å². The van der Waals surface area contributed by atoms with Crippen LogP contribution < -0.4 is 10.6 Å². The molecule has 2 N–H and O–H groups in total. The maximum atomic E-state index is 12.5. The molecule has 1 aliphatic rings. The topological polar surface area (TPSA) is 63.2 Å². The molecule has 1 saturated heterocycles. The Labute approximate surface area is 154 Å². The van der Waals surface area contributed by atoms with Crippen LogP contribution in [0.25, 0.3) is 0 Å². The van der Waals surface area contributed by atoms with Crippen LogP contribution in [0, 0.1) is 19.3 Å². The number of rotatable bonds is 6. The highest BCUT2D eigenvalue weighted by Crippen LogP contribution is 2.29. The number of hydrogen-bond donors (Lipinski definition) is 2. The van der Waals surface area contributed by atoms with Gasteiger partial charge in [-0.3, -0.25) is 4.79 Å². The number of aryl methyl sites for hydroxylation is 2. The number of aromatic nitrogens is 1. The summed E-state index contributed by atoms with van der Waals surface area (Å²) in [6, 6.07) is 0. The molecule has 1 aromatic rings. The number of thiazole rings is 1. The Balaban J connectivity index is 0.00000242. The summed E-state index contributed by atoms with van der Waals surface area (Å²) >= 11 is 1.71. The molecule has 0 unspecified atom stereocenters. The third-order valence-corrected chi connectivity index (χ3v) is 5.29. The maximum Gasteiger partial charge on any atom is 0.228 e. The van der Waals surface area contributed by atoms with E-state index >= 15 is 0 Å². The molecule has 134 valence electrons. The van der Waals surface area contributed by atoms with Crippen LogP contribution in [0.15, 0.2) is 0 Å². The highest BCUT2D eigenvalue weighted by Gasteiger charge is 2.39. The van der Waals surface area contributed by atoms with Crippen LogP contribution in [-0.4, -0.2) is 44.2 Å². The molecule has 0 bridgehead atoms. The molecule has 23 heavy (non-hydrogen) atoms. The van der Waals surface area contributed by atoms with E-state index in [1.807, 2.05) is 6.92 Å². The number of amides is 1. The van der Waals surface area contributed by atoms with Crippen LogP contribution in [0.5, 0.6) is 0 Å². The van der Waals surface area contributed by atoms with Gasteiger partial charge >= 0.3 is 0 Å². The summed E-state index contributed by atoms with van der Waals surface area (Å²) in [5, 5.41) is 7.47. The lowest BCUT2D eigenvalue weighted by molar-refractivity contribution is -0.136. The van der Waals surface area contributed by atoms with Crippen molar-refractivity contribution in [1.29, 1.82) is 0 Å². The Bertz CT molecular complexity index is 466. The Morgan fingerprint density at radius 3 is 2.52 bits per heavy atom. The first kappa shape index (κ1) is 22.6. The number of carbonyl (C=O) groups is 1. The smallest absolute Gasteiger partial charge is 0.228 e. The number of nitrogens with zero attached hydrogens (tertiary/aromatic N) is 1. The van der Waals surface area contributed by atoms with E-state index in [1.54, 1.807) is 18.4 Å². The maximum absolute atomic E-state index is 12.5. The molecule has 8 heteroatoms. The average molecular weight is 384 g/mol. The molecule has 2 heterocycles. The van der Waals surface area contributed by atoms with Crippen molar-refractivity contribution in [2.75, 3.05) is 33.4 Å². The molecule has 1 amide bonds. The van der Waals surface area contributed by atoms with Crippen molar-refractivity contribution in [3.63, 3.8) is 0 Å². The van der Waals surface area contributed by atoms with Gasteiger partial charge in [-0.15, -0.1) is 36.2 Å².